The molecule has 1 amide bonds. The van der Waals surface area contributed by atoms with Crippen LogP contribution in [0.5, 0.6) is 0 Å². The van der Waals surface area contributed by atoms with Crippen LogP contribution in [-0.4, -0.2) is 103 Å². The molecular weight excluding hydrogens is 927 g/mol. The predicted molar refractivity (Wildman–Crippen MR) is 265 cm³/mol. The molecule has 0 bridgehead atoms. The quantitative estimate of drug-likeness (QED) is 0.0938. The number of carboxylic acids is 1. The number of aliphatic hydroxyl groups excluding tert-OH is 2. The molecule has 0 radical (unpaired) electrons. The zero-order valence-electron chi connectivity index (χ0n) is 42.7. The van der Waals surface area contributed by atoms with E-state index >= 15 is 4.79 Å². The standard InChI is InChI=1S/C54H87Cl3N2O9/c1-29(2)18-20-58-39-24-51(7)35(14-16-37(51)46(62)63)33-12-10-31-22-42(41(60)26-49(31,5)44(33)39)68-47(64)38-17-15-36-34-13-11-32-23-53(9,66)43(61)27-50(32,6)45(34)40(25-52(36,38)8)59(21-19-30(3)4)48(65)67-28-54(55,56)57/h29-45,58,60-61,66H,10-28H2,1-9H3,(H,62,63)/t31-,32?,33-,34?,35-,36?,37+,38+,39+,40+,41-,42-,43-,44+,45?,49-,50-,51-,52-,53-/m0/s1. The lowest BCUT2D eigenvalue weighted by molar-refractivity contribution is -0.210. The molecule has 14 heteroatoms. The Hall–Kier alpha value is -1.08. The van der Waals surface area contributed by atoms with Crippen LogP contribution in [0, 0.1) is 92.7 Å². The van der Waals surface area contributed by atoms with Crippen LogP contribution in [0.4, 0.5) is 4.79 Å². The predicted octanol–water partition coefficient (Wildman–Crippen LogP) is 10.4. The topological polar surface area (TPSA) is 166 Å². The molecule has 0 aromatic carbocycles. The Labute approximate surface area is 422 Å². The summed E-state index contributed by atoms with van der Waals surface area (Å²) in [5.74, 6) is 0.836. The molecule has 0 aliphatic heterocycles. The first kappa shape index (κ1) is 53.2. The van der Waals surface area contributed by atoms with Gasteiger partial charge in [0, 0.05) is 18.6 Å². The number of fused-ring (bicyclic) bond motifs is 10. The van der Waals surface area contributed by atoms with Gasteiger partial charge in [-0.25, -0.2) is 4.79 Å². The minimum atomic E-state index is -1.79. The van der Waals surface area contributed by atoms with Crippen molar-refractivity contribution >= 4 is 52.8 Å². The Bertz CT molecular complexity index is 1860. The van der Waals surface area contributed by atoms with E-state index in [4.69, 9.17) is 44.3 Å². The summed E-state index contributed by atoms with van der Waals surface area (Å²) < 4.78 is 10.7. The fraction of sp³-hybridized carbons (Fsp3) is 0.944. The number of hydrogen-bond acceptors (Lipinski definition) is 9. The average molecular weight is 1010 g/mol. The lowest BCUT2D eigenvalue weighted by Gasteiger charge is -2.65. The van der Waals surface area contributed by atoms with E-state index in [-0.39, 0.29) is 70.3 Å². The first-order valence-corrected chi connectivity index (χ1v) is 28.0. The molecule has 4 unspecified atom stereocenters. The number of carboxylic acid groups (broad SMARTS) is 1. The van der Waals surface area contributed by atoms with Crippen LogP contribution in [0.25, 0.3) is 0 Å². The van der Waals surface area contributed by atoms with Gasteiger partial charge in [-0.2, -0.15) is 0 Å². The number of nitrogens with one attached hydrogen (secondary N) is 1. The maximum absolute atomic E-state index is 15.1. The average Bonchev–Trinajstić information content (AvgIpc) is 3.76. The van der Waals surface area contributed by atoms with Crippen molar-refractivity contribution in [3.63, 3.8) is 0 Å². The van der Waals surface area contributed by atoms with E-state index in [1.165, 1.54) is 0 Å². The van der Waals surface area contributed by atoms with Crippen molar-refractivity contribution in [3.05, 3.63) is 0 Å². The van der Waals surface area contributed by atoms with E-state index in [1.807, 2.05) is 4.90 Å². The second-order valence-corrected chi connectivity index (χ2v) is 28.8. The number of halogens is 3. The number of esters is 1. The highest BCUT2D eigenvalue weighted by Gasteiger charge is 2.69. The molecule has 8 fully saturated rings. The lowest BCUT2D eigenvalue weighted by Crippen LogP contribution is -2.66. The summed E-state index contributed by atoms with van der Waals surface area (Å²) in [5, 5.41) is 49.6. The van der Waals surface area contributed by atoms with Gasteiger partial charge in [0.1, 0.15) is 12.7 Å². The number of carbonyl (C=O) groups excluding carboxylic acids is 2. The molecule has 0 heterocycles. The van der Waals surface area contributed by atoms with Gasteiger partial charge in [0.05, 0.1) is 29.6 Å². The van der Waals surface area contributed by atoms with Crippen LogP contribution in [-0.2, 0) is 19.1 Å². The maximum atomic E-state index is 15.1. The number of rotatable bonds is 12. The minimum Gasteiger partial charge on any atom is -0.481 e. The molecule has 0 saturated heterocycles. The van der Waals surface area contributed by atoms with Crippen molar-refractivity contribution in [2.24, 2.45) is 92.7 Å². The summed E-state index contributed by atoms with van der Waals surface area (Å²) in [6.07, 6.45) is 9.22. The molecule has 11 nitrogen and oxygen atoms in total. The summed E-state index contributed by atoms with van der Waals surface area (Å²) in [4.78, 5) is 44.0. The molecule has 20 atom stereocenters. The molecule has 8 saturated carbocycles. The molecule has 68 heavy (non-hydrogen) atoms. The minimum absolute atomic E-state index is 0.0270. The van der Waals surface area contributed by atoms with E-state index in [9.17, 15) is 30.0 Å². The van der Waals surface area contributed by atoms with E-state index in [1.54, 1.807) is 6.92 Å². The Morgan fingerprint density at radius 2 is 1.31 bits per heavy atom. The van der Waals surface area contributed by atoms with Crippen LogP contribution >= 0.6 is 34.8 Å². The van der Waals surface area contributed by atoms with E-state index in [0.29, 0.717) is 68.7 Å². The van der Waals surface area contributed by atoms with E-state index in [0.717, 1.165) is 70.8 Å². The van der Waals surface area contributed by atoms with Gasteiger partial charge < -0.3 is 40.1 Å². The Morgan fingerprint density at radius 1 is 0.721 bits per heavy atom. The van der Waals surface area contributed by atoms with Crippen LogP contribution < -0.4 is 5.32 Å². The van der Waals surface area contributed by atoms with Crippen molar-refractivity contribution in [2.45, 2.75) is 205 Å². The number of alkyl halides is 3. The smallest absolute Gasteiger partial charge is 0.410 e. The number of hydrogen-bond donors (Lipinski definition) is 5. The maximum Gasteiger partial charge on any atom is 0.410 e. The summed E-state index contributed by atoms with van der Waals surface area (Å²) in [5.41, 5.74) is -2.59. The monoisotopic (exact) mass is 1010 g/mol. The Balaban J connectivity index is 1.05. The lowest BCUT2D eigenvalue weighted by atomic mass is 9.42. The van der Waals surface area contributed by atoms with Gasteiger partial charge in [-0.05, 0) is 197 Å². The number of aliphatic hydroxyl groups is 3. The third-order valence-electron chi connectivity index (χ3n) is 21.5. The van der Waals surface area contributed by atoms with Gasteiger partial charge in [-0.3, -0.25) is 9.59 Å². The molecule has 388 valence electrons. The van der Waals surface area contributed by atoms with Gasteiger partial charge in [-0.1, -0.05) is 90.2 Å². The van der Waals surface area contributed by atoms with Gasteiger partial charge in [-0.15, -0.1) is 0 Å². The van der Waals surface area contributed by atoms with Crippen LogP contribution in [0.3, 0.4) is 0 Å². The number of ether oxygens (including phenoxy) is 2. The molecule has 8 aliphatic carbocycles. The highest BCUT2D eigenvalue weighted by Crippen LogP contribution is 2.70. The van der Waals surface area contributed by atoms with Gasteiger partial charge in [0.15, 0.2) is 0 Å². The summed E-state index contributed by atoms with van der Waals surface area (Å²) >= 11 is 18.4. The van der Waals surface area contributed by atoms with Gasteiger partial charge in [0.25, 0.3) is 0 Å². The third-order valence-corrected chi connectivity index (χ3v) is 21.9. The normalized spacial score (nSPS) is 47.5. The molecule has 0 spiro atoms. The molecular formula is C54H87Cl3N2O9. The summed E-state index contributed by atoms with van der Waals surface area (Å²) in [7, 11) is 0. The van der Waals surface area contributed by atoms with Crippen LogP contribution in [0.2, 0.25) is 0 Å². The molecule has 0 aromatic heterocycles. The molecule has 8 aliphatic rings. The van der Waals surface area contributed by atoms with Crippen molar-refractivity contribution in [3.8, 4) is 0 Å². The number of aliphatic carboxylic acids is 1. The second-order valence-electron chi connectivity index (χ2n) is 26.3. The largest absolute Gasteiger partial charge is 0.481 e. The van der Waals surface area contributed by atoms with Crippen molar-refractivity contribution in [1.82, 2.24) is 10.2 Å². The fourth-order valence-corrected chi connectivity index (χ4v) is 18.4. The van der Waals surface area contributed by atoms with Crippen molar-refractivity contribution in [1.29, 1.82) is 0 Å². The van der Waals surface area contributed by atoms with Gasteiger partial charge >= 0.3 is 18.0 Å². The SMILES string of the molecule is CC(C)CCN[C@@H]1C[C@]2(C)[C@@H](C(=O)O)CC[C@H]2[C@@H]2CC[C@H]3C[C@H](OC(=O)[C@H]4CCC5C6CCC7C[C@](C)(O)[C@@H](O)C[C@]7(C)C6[C@H](N(CCC(C)C)C(=O)OCC(Cl)(Cl)Cl)C[C@@]54C)[C@@H](O)C[C@]3(C)[C@H]21. The van der Waals surface area contributed by atoms with Crippen molar-refractivity contribution in [2.75, 3.05) is 19.7 Å². The summed E-state index contributed by atoms with van der Waals surface area (Å²) in [6, 6.07) is -0.194. The highest BCUT2D eigenvalue weighted by atomic mass is 35.6. The number of amides is 1. The van der Waals surface area contributed by atoms with Gasteiger partial charge in [0.2, 0.25) is 3.79 Å². The van der Waals surface area contributed by atoms with Crippen LogP contribution in [0.15, 0.2) is 0 Å². The zero-order chi connectivity index (χ0) is 49.7. The summed E-state index contributed by atoms with van der Waals surface area (Å²) in [6.45, 7) is 20.5. The fourth-order valence-electron chi connectivity index (χ4n) is 18.3. The number of nitrogens with zero attached hydrogens (tertiary/aromatic N) is 1. The third kappa shape index (κ3) is 9.52. The first-order valence-electron chi connectivity index (χ1n) is 26.9. The zero-order valence-corrected chi connectivity index (χ0v) is 44.9. The highest BCUT2D eigenvalue weighted by molar-refractivity contribution is 6.67. The molecule has 0 aromatic rings. The Morgan fingerprint density at radius 3 is 1.93 bits per heavy atom. The second kappa shape index (κ2) is 19.3. The van der Waals surface area contributed by atoms with Crippen molar-refractivity contribution < 1.29 is 44.3 Å². The molecule has 8 rings (SSSR count). The number of carbonyl (C=O) groups is 3. The van der Waals surface area contributed by atoms with Crippen LogP contribution in [0.1, 0.15) is 165 Å². The Kier molecular flexibility index (Phi) is 15.1. The first-order chi connectivity index (χ1) is 31.6. The van der Waals surface area contributed by atoms with E-state index in [2.05, 4.69) is 60.7 Å². The molecule has 5 N–H and O–H groups in total. The van der Waals surface area contributed by atoms with E-state index < -0.39 is 63.1 Å².